The van der Waals surface area contributed by atoms with Gasteiger partial charge in [0.2, 0.25) is 5.91 Å². The molecule has 1 fully saturated rings. The van der Waals surface area contributed by atoms with Gasteiger partial charge in [-0.2, -0.15) is 0 Å². The van der Waals surface area contributed by atoms with Crippen LogP contribution in [-0.2, 0) is 19.1 Å². The Balaban J connectivity index is 2.48. The van der Waals surface area contributed by atoms with E-state index in [9.17, 15) is 9.59 Å². The maximum absolute atomic E-state index is 12.1. The van der Waals surface area contributed by atoms with E-state index < -0.39 is 10.8 Å². The number of carbonyl (C=O) groups excluding carboxylic acids is 2. The van der Waals surface area contributed by atoms with E-state index in [1.807, 2.05) is 20.8 Å². The highest BCUT2D eigenvalue weighted by Gasteiger charge is 2.41. The Hall–Kier alpha value is -0.620. The summed E-state index contributed by atoms with van der Waals surface area (Å²) < 4.78 is 10.2. The number of rotatable bonds is 4. The third-order valence-electron chi connectivity index (χ3n) is 3.46. The lowest BCUT2D eigenvalue weighted by atomic mass is 9.89. The second kappa shape index (κ2) is 6.52. The first kappa shape index (κ1) is 15.4. The second-order valence-electron chi connectivity index (χ2n) is 4.67. The van der Waals surface area contributed by atoms with E-state index in [0.29, 0.717) is 0 Å². The van der Waals surface area contributed by atoms with Crippen molar-refractivity contribution in [2.75, 3.05) is 13.7 Å². The summed E-state index contributed by atoms with van der Waals surface area (Å²) in [5.74, 6) is -0.468. The van der Waals surface area contributed by atoms with Crippen LogP contribution in [0.15, 0.2) is 0 Å². The molecule has 5 nitrogen and oxygen atoms in total. The lowest BCUT2D eigenvalue weighted by Crippen LogP contribution is -2.41. The molecular formula is C12H20BrNO4. The van der Waals surface area contributed by atoms with E-state index in [1.54, 1.807) is 0 Å². The van der Waals surface area contributed by atoms with E-state index >= 15 is 0 Å². The minimum Gasteiger partial charge on any atom is -0.468 e. The quantitative estimate of drug-likeness (QED) is 0.622. The Morgan fingerprint density at radius 3 is 2.39 bits per heavy atom. The molecule has 0 aromatic heterocycles. The molecule has 0 aromatic rings. The van der Waals surface area contributed by atoms with Gasteiger partial charge in [0.1, 0.15) is 4.83 Å². The van der Waals surface area contributed by atoms with Crippen LogP contribution in [0.3, 0.4) is 0 Å². The number of methoxy groups -OCH3 is 1. The molecule has 1 N–H and O–H groups in total. The summed E-state index contributed by atoms with van der Waals surface area (Å²) in [6.07, 6.45) is -0.0157. The highest BCUT2D eigenvalue weighted by molar-refractivity contribution is 9.10. The van der Waals surface area contributed by atoms with Crippen LogP contribution in [0.5, 0.6) is 0 Å². The Bertz CT molecular complexity index is 323. The minimum atomic E-state index is -0.517. The number of amides is 1. The number of halogens is 1. The van der Waals surface area contributed by atoms with Crippen LogP contribution in [0.2, 0.25) is 0 Å². The zero-order chi connectivity index (χ0) is 13.9. The van der Waals surface area contributed by atoms with Gasteiger partial charge in [-0.3, -0.25) is 9.59 Å². The number of ether oxygens (including phenoxy) is 2. The third-order valence-corrected chi connectivity index (χ3v) is 4.15. The smallest absolute Gasteiger partial charge is 0.321 e. The number of hydrogen-bond donors (Lipinski definition) is 1. The fourth-order valence-electron chi connectivity index (χ4n) is 2.24. The average Bonchev–Trinajstić information content (AvgIpc) is 2.59. The Kier molecular flexibility index (Phi) is 5.59. The van der Waals surface area contributed by atoms with Gasteiger partial charge in [0, 0.05) is 6.54 Å². The molecule has 1 rings (SSSR count). The zero-order valence-electron chi connectivity index (χ0n) is 11.1. The van der Waals surface area contributed by atoms with E-state index in [1.165, 1.54) is 7.11 Å². The largest absolute Gasteiger partial charge is 0.468 e. The molecule has 1 saturated heterocycles. The van der Waals surface area contributed by atoms with E-state index in [-0.39, 0.29) is 36.5 Å². The second-order valence-corrected chi connectivity index (χ2v) is 5.77. The van der Waals surface area contributed by atoms with Gasteiger partial charge in [-0.25, -0.2) is 0 Å². The van der Waals surface area contributed by atoms with Gasteiger partial charge in [0.15, 0.2) is 0 Å². The number of nitrogens with one attached hydrogen (secondary N) is 1. The molecule has 104 valence electrons. The van der Waals surface area contributed by atoms with Crippen molar-refractivity contribution in [1.82, 2.24) is 5.32 Å². The SMILES string of the molecule is COC(=O)C(Br)CNC(=O)C1C(C)OC(C)C1C. The molecule has 0 aliphatic carbocycles. The van der Waals surface area contributed by atoms with Crippen LogP contribution in [0.25, 0.3) is 0 Å². The van der Waals surface area contributed by atoms with Gasteiger partial charge in [-0.1, -0.05) is 22.9 Å². The molecule has 18 heavy (non-hydrogen) atoms. The summed E-state index contributed by atoms with van der Waals surface area (Å²) >= 11 is 3.16. The van der Waals surface area contributed by atoms with Gasteiger partial charge in [-0.15, -0.1) is 0 Å². The molecule has 1 heterocycles. The van der Waals surface area contributed by atoms with Crippen molar-refractivity contribution in [3.63, 3.8) is 0 Å². The summed E-state index contributed by atoms with van der Waals surface area (Å²) in [6.45, 7) is 6.09. The van der Waals surface area contributed by atoms with E-state index in [0.717, 1.165) is 0 Å². The van der Waals surface area contributed by atoms with Gasteiger partial charge in [0.25, 0.3) is 0 Å². The normalized spacial score (nSPS) is 32.9. The lowest BCUT2D eigenvalue weighted by Gasteiger charge is -2.18. The maximum atomic E-state index is 12.1. The molecular weight excluding hydrogens is 302 g/mol. The van der Waals surface area contributed by atoms with Crippen LogP contribution >= 0.6 is 15.9 Å². The first-order valence-electron chi connectivity index (χ1n) is 6.03. The van der Waals surface area contributed by atoms with Crippen molar-refractivity contribution < 1.29 is 19.1 Å². The summed E-state index contributed by atoms with van der Waals surface area (Å²) in [6, 6.07) is 0. The lowest BCUT2D eigenvalue weighted by molar-refractivity contribution is -0.139. The molecule has 1 aliphatic rings. The summed E-state index contributed by atoms with van der Waals surface area (Å²) in [7, 11) is 1.31. The van der Waals surface area contributed by atoms with Crippen molar-refractivity contribution in [1.29, 1.82) is 0 Å². The van der Waals surface area contributed by atoms with Crippen LogP contribution in [0.4, 0.5) is 0 Å². The molecule has 0 radical (unpaired) electrons. The Morgan fingerprint density at radius 1 is 1.33 bits per heavy atom. The number of hydrogen-bond acceptors (Lipinski definition) is 4. The fraction of sp³-hybridized carbons (Fsp3) is 0.833. The number of alkyl halides is 1. The molecule has 1 amide bonds. The predicted molar refractivity (Wildman–Crippen MR) is 70.4 cm³/mol. The zero-order valence-corrected chi connectivity index (χ0v) is 12.7. The maximum Gasteiger partial charge on any atom is 0.321 e. The molecule has 0 saturated carbocycles. The summed E-state index contributed by atoms with van der Waals surface area (Å²) in [5.41, 5.74) is 0. The van der Waals surface area contributed by atoms with E-state index in [4.69, 9.17) is 4.74 Å². The van der Waals surface area contributed by atoms with Crippen LogP contribution < -0.4 is 5.32 Å². The third kappa shape index (κ3) is 3.45. The van der Waals surface area contributed by atoms with Crippen molar-refractivity contribution >= 4 is 27.8 Å². The molecule has 0 spiro atoms. The number of carbonyl (C=O) groups is 2. The standard InChI is InChI=1S/C12H20BrNO4/c1-6-7(2)18-8(3)10(6)11(15)14-5-9(13)12(16)17-4/h6-10H,5H2,1-4H3,(H,14,15). The van der Waals surface area contributed by atoms with Crippen molar-refractivity contribution in [2.45, 2.75) is 37.8 Å². The molecule has 5 atom stereocenters. The predicted octanol–water partition coefficient (Wildman–Crippen LogP) is 1.10. The highest BCUT2D eigenvalue weighted by atomic mass is 79.9. The van der Waals surface area contributed by atoms with Gasteiger partial charge >= 0.3 is 5.97 Å². The van der Waals surface area contributed by atoms with Crippen molar-refractivity contribution in [3.8, 4) is 0 Å². The van der Waals surface area contributed by atoms with Gasteiger partial charge in [-0.05, 0) is 19.8 Å². The first-order valence-corrected chi connectivity index (χ1v) is 6.95. The molecule has 5 unspecified atom stereocenters. The van der Waals surface area contributed by atoms with Crippen LogP contribution in [0, 0.1) is 11.8 Å². The first-order chi connectivity index (χ1) is 8.38. The fourth-order valence-corrected chi connectivity index (χ4v) is 2.59. The average molecular weight is 322 g/mol. The Morgan fingerprint density at radius 2 is 1.94 bits per heavy atom. The van der Waals surface area contributed by atoms with Gasteiger partial charge in [0.05, 0.1) is 25.2 Å². The van der Waals surface area contributed by atoms with Crippen molar-refractivity contribution in [3.05, 3.63) is 0 Å². The van der Waals surface area contributed by atoms with E-state index in [2.05, 4.69) is 26.0 Å². The molecule has 6 heteroatoms. The topological polar surface area (TPSA) is 64.6 Å². The summed E-state index contributed by atoms with van der Waals surface area (Å²) in [4.78, 5) is 22.7. The number of esters is 1. The Labute approximate surface area is 116 Å². The minimum absolute atomic E-state index is 0.0762. The van der Waals surface area contributed by atoms with Crippen molar-refractivity contribution in [2.24, 2.45) is 11.8 Å². The molecule has 1 aliphatic heterocycles. The highest BCUT2D eigenvalue weighted by Crippen LogP contribution is 2.32. The monoisotopic (exact) mass is 321 g/mol. The van der Waals surface area contributed by atoms with Crippen LogP contribution in [0.1, 0.15) is 20.8 Å². The summed E-state index contributed by atoms with van der Waals surface area (Å²) in [5, 5.41) is 2.75. The molecule has 0 aromatic carbocycles. The molecule has 0 bridgehead atoms. The van der Waals surface area contributed by atoms with Crippen LogP contribution in [-0.4, -0.2) is 42.6 Å². The van der Waals surface area contributed by atoms with Gasteiger partial charge < -0.3 is 14.8 Å².